The van der Waals surface area contributed by atoms with Crippen LogP contribution in [0.2, 0.25) is 0 Å². The molecule has 124 valence electrons. The number of nitrogens with one attached hydrogen (secondary N) is 1. The molecule has 1 saturated heterocycles. The highest BCUT2D eigenvalue weighted by Crippen LogP contribution is 2.38. The molecule has 1 N–H and O–H groups in total. The van der Waals surface area contributed by atoms with Crippen LogP contribution in [-0.2, 0) is 11.3 Å². The van der Waals surface area contributed by atoms with E-state index in [4.69, 9.17) is 9.47 Å². The summed E-state index contributed by atoms with van der Waals surface area (Å²) in [5.74, 6) is 1.04. The Morgan fingerprint density at radius 1 is 1.12 bits per heavy atom. The zero-order valence-corrected chi connectivity index (χ0v) is 13.5. The minimum atomic E-state index is -0.0611. The van der Waals surface area contributed by atoms with Crippen LogP contribution in [0, 0.1) is 5.92 Å². The van der Waals surface area contributed by atoms with Crippen LogP contribution in [0.25, 0.3) is 0 Å². The molecule has 1 saturated carbocycles. The second kappa shape index (κ2) is 6.65. The minimum Gasteiger partial charge on any atom is -0.488 e. The van der Waals surface area contributed by atoms with E-state index in [1.165, 1.54) is 0 Å². The second-order valence-electron chi connectivity index (χ2n) is 6.45. The van der Waals surface area contributed by atoms with E-state index in [1.807, 2.05) is 54.6 Å². The van der Waals surface area contributed by atoms with Crippen molar-refractivity contribution in [1.82, 2.24) is 5.32 Å². The lowest BCUT2D eigenvalue weighted by molar-refractivity contribution is 0.00806. The van der Waals surface area contributed by atoms with Crippen LogP contribution in [0.1, 0.15) is 28.8 Å². The van der Waals surface area contributed by atoms with Crippen molar-refractivity contribution in [1.29, 1.82) is 0 Å². The van der Waals surface area contributed by atoms with Gasteiger partial charge in [0.2, 0.25) is 0 Å². The van der Waals surface area contributed by atoms with Crippen LogP contribution in [0.3, 0.4) is 0 Å². The molecular weight excluding hydrogens is 302 g/mol. The maximum absolute atomic E-state index is 12.6. The van der Waals surface area contributed by atoms with Gasteiger partial charge in [-0.1, -0.05) is 42.5 Å². The fourth-order valence-electron chi connectivity index (χ4n) is 3.52. The first-order valence-electron chi connectivity index (χ1n) is 8.49. The first kappa shape index (κ1) is 15.2. The van der Waals surface area contributed by atoms with E-state index in [0.717, 1.165) is 25.0 Å². The minimum absolute atomic E-state index is 0.0611. The molecular formula is C20H21NO3. The molecule has 1 aliphatic carbocycles. The van der Waals surface area contributed by atoms with Gasteiger partial charge in [-0.25, -0.2) is 0 Å². The van der Waals surface area contributed by atoms with Crippen molar-refractivity contribution in [2.75, 3.05) is 6.61 Å². The summed E-state index contributed by atoms with van der Waals surface area (Å²) in [6.45, 7) is 1.27. The average molecular weight is 323 g/mol. The van der Waals surface area contributed by atoms with Gasteiger partial charge in [-0.15, -0.1) is 0 Å². The number of ether oxygens (including phenoxy) is 2. The van der Waals surface area contributed by atoms with Gasteiger partial charge in [0.25, 0.3) is 5.91 Å². The largest absolute Gasteiger partial charge is 0.488 e. The quantitative estimate of drug-likeness (QED) is 0.919. The molecule has 1 heterocycles. The topological polar surface area (TPSA) is 47.6 Å². The van der Waals surface area contributed by atoms with Crippen LogP contribution in [0.4, 0.5) is 0 Å². The first-order chi connectivity index (χ1) is 11.8. The smallest absolute Gasteiger partial charge is 0.255 e. The SMILES string of the molecule is O=C(N[C@@H]1C[C@@H]2OCC[C@@H]21)c1ccccc1OCc1ccccc1. The number of benzene rings is 2. The summed E-state index contributed by atoms with van der Waals surface area (Å²) in [5.41, 5.74) is 1.67. The molecule has 4 nitrogen and oxygen atoms in total. The molecule has 2 aliphatic rings. The molecule has 0 unspecified atom stereocenters. The van der Waals surface area contributed by atoms with E-state index in [1.54, 1.807) is 0 Å². The zero-order chi connectivity index (χ0) is 16.4. The van der Waals surface area contributed by atoms with Gasteiger partial charge in [-0.2, -0.15) is 0 Å². The number of carbonyl (C=O) groups is 1. The molecule has 0 aromatic heterocycles. The Labute approximate surface area is 141 Å². The van der Waals surface area contributed by atoms with Crippen molar-refractivity contribution >= 4 is 5.91 Å². The van der Waals surface area contributed by atoms with Crippen molar-refractivity contribution in [3.63, 3.8) is 0 Å². The maximum atomic E-state index is 12.6. The molecule has 2 fully saturated rings. The lowest BCUT2D eigenvalue weighted by Crippen LogP contribution is -2.53. The van der Waals surface area contributed by atoms with Crippen LogP contribution in [0.15, 0.2) is 54.6 Å². The van der Waals surface area contributed by atoms with E-state index < -0.39 is 0 Å². The Bertz CT molecular complexity index is 716. The summed E-state index contributed by atoms with van der Waals surface area (Å²) >= 11 is 0. The Morgan fingerprint density at radius 2 is 1.92 bits per heavy atom. The third-order valence-electron chi connectivity index (χ3n) is 4.95. The standard InChI is InChI=1S/C20H21NO3/c22-20(21-17-12-19-15(17)10-11-23-19)16-8-4-5-9-18(16)24-13-14-6-2-1-3-7-14/h1-9,15,17,19H,10-13H2,(H,21,22)/t15-,17-,19+/m1/s1. The van der Waals surface area contributed by atoms with Crippen LogP contribution >= 0.6 is 0 Å². The van der Waals surface area contributed by atoms with E-state index in [-0.39, 0.29) is 11.9 Å². The number of amides is 1. The fraction of sp³-hybridized carbons (Fsp3) is 0.350. The molecule has 24 heavy (non-hydrogen) atoms. The maximum Gasteiger partial charge on any atom is 0.255 e. The van der Waals surface area contributed by atoms with E-state index in [2.05, 4.69) is 5.32 Å². The number of rotatable bonds is 5. The van der Waals surface area contributed by atoms with Crippen molar-refractivity contribution in [2.24, 2.45) is 5.92 Å². The number of para-hydroxylation sites is 1. The summed E-state index contributed by atoms with van der Waals surface area (Å²) in [5, 5.41) is 3.14. The lowest BCUT2D eigenvalue weighted by atomic mass is 9.76. The van der Waals surface area contributed by atoms with Gasteiger partial charge in [0.05, 0.1) is 11.7 Å². The lowest BCUT2D eigenvalue weighted by Gasteiger charge is -2.39. The summed E-state index contributed by atoms with van der Waals surface area (Å²) in [6, 6.07) is 17.6. The predicted octanol–water partition coefficient (Wildman–Crippen LogP) is 3.17. The van der Waals surface area contributed by atoms with Crippen molar-refractivity contribution in [3.05, 3.63) is 65.7 Å². The Morgan fingerprint density at radius 3 is 2.75 bits per heavy atom. The summed E-state index contributed by atoms with van der Waals surface area (Å²) < 4.78 is 11.5. The van der Waals surface area contributed by atoms with Gasteiger partial charge in [-0.3, -0.25) is 4.79 Å². The molecule has 3 atom stereocenters. The Hall–Kier alpha value is -2.33. The van der Waals surface area contributed by atoms with Gasteiger partial charge < -0.3 is 14.8 Å². The van der Waals surface area contributed by atoms with Crippen molar-refractivity contribution in [3.8, 4) is 5.75 Å². The van der Waals surface area contributed by atoms with Crippen LogP contribution in [-0.4, -0.2) is 24.7 Å². The number of hydrogen-bond donors (Lipinski definition) is 1. The molecule has 0 spiro atoms. The molecule has 2 aromatic rings. The predicted molar refractivity (Wildman–Crippen MR) is 90.9 cm³/mol. The molecule has 0 radical (unpaired) electrons. The highest BCUT2D eigenvalue weighted by Gasteiger charge is 2.45. The third-order valence-corrected chi connectivity index (χ3v) is 4.95. The van der Waals surface area contributed by atoms with E-state index in [0.29, 0.717) is 29.9 Å². The van der Waals surface area contributed by atoms with Crippen molar-refractivity contribution in [2.45, 2.75) is 31.6 Å². The van der Waals surface area contributed by atoms with Gasteiger partial charge in [0.1, 0.15) is 12.4 Å². The van der Waals surface area contributed by atoms with Crippen LogP contribution in [0.5, 0.6) is 5.75 Å². The number of fused-ring (bicyclic) bond motifs is 1. The highest BCUT2D eigenvalue weighted by molar-refractivity contribution is 5.97. The Balaban J connectivity index is 1.42. The second-order valence-corrected chi connectivity index (χ2v) is 6.45. The molecule has 1 aliphatic heterocycles. The third kappa shape index (κ3) is 3.02. The number of carbonyl (C=O) groups excluding carboxylic acids is 1. The Kier molecular flexibility index (Phi) is 4.22. The van der Waals surface area contributed by atoms with Gasteiger partial charge in [0.15, 0.2) is 0 Å². The van der Waals surface area contributed by atoms with E-state index >= 15 is 0 Å². The monoisotopic (exact) mass is 323 g/mol. The first-order valence-corrected chi connectivity index (χ1v) is 8.49. The zero-order valence-electron chi connectivity index (χ0n) is 13.5. The van der Waals surface area contributed by atoms with Gasteiger partial charge in [-0.05, 0) is 30.5 Å². The molecule has 4 heteroatoms. The summed E-state index contributed by atoms with van der Waals surface area (Å²) in [6.07, 6.45) is 2.31. The van der Waals surface area contributed by atoms with Gasteiger partial charge >= 0.3 is 0 Å². The summed E-state index contributed by atoms with van der Waals surface area (Å²) in [7, 11) is 0. The van der Waals surface area contributed by atoms with Crippen LogP contribution < -0.4 is 10.1 Å². The molecule has 1 amide bonds. The normalized spacial score (nSPS) is 24.8. The average Bonchev–Trinajstić information content (AvgIpc) is 3.00. The summed E-state index contributed by atoms with van der Waals surface area (Å²) in [4.78, 5) is 12.6. The molecule has 4 rings (SSSR count). The highest BCUT2D eigenvalue weighted by atomic mass is 16.5. The fourth-order valence-corrected chi connectivity index (χ4v) is 3.52. The van der Waals surface area contributed by atoms with Gasteiger partial charge in [0, 0.05) is 18.6 Å². The molecule has 0 bridgehead atoms. The van der Waals surface area contributed by atoms with E-state index in [9.17, 15) is 4.79 Å². The van der Waals surface area contributed by atoms with Crippen molar-refractivity contribution < 1.29 is 14.3 Å². The number of hydrogen-bond acceptors (Lipinski definition) is 3. The molecule has 2 aromatic carbocycles.